The third-order valence-corrected chi connectivity index (χ3v) is 5.31. The standard InChI is InChI=1S/C15H17BrN2OS/c16-14-5-10-20-15(14)11-17-12-1-3-13(4-2-12)18-6-8-19-9-7-18/h1-5,10,17H,6-9,11H2. The Kier molecular flexibility index (Phi) is 4.60. The fraction of sp³-hybridized carbons (Fsp3) is 0.333. The molecule has 0 amide bonds. The number of anilines is 2. The predicted octanol–water partition coefficient (Wildman–Crippen LogP) is 3.96. The van der Waals surface area contributed by atoms with E-state index in [4.69, 9.17) is 4.74 Å². The maximum absolute atomic E-state index is 5.38. The van der Waals surface area contributed by atoms with Crippen molar-refractivity contribution in [2.24, 2.45) is 0 Å². The van der Waals surface area contributed by atoms with Crippen LogP contribution in [0.2, 0.25) is 0 Å². The molecule has 0 saturated carbocycles. The molecular weight excluding hydrogens is 336 g/mol. The van der Waals surface area contributed by atoms with Crippen molar-refractivity contribution in [1.82, 2.24) is 0 Å². The molecule has 106 valence electrons. The van der Waals surface area contributed by atoms with E-state index >= 15 is 0 Å². The highest BCUT2D eigenvalue weighted by atomic mass is 79.9. The van der Waals surface area contributed by atoms with E-state index in [9.17, 15) is 0 Å². The summed E-state index contributed by atoms with van der Waals surface area (Å²) in [5, 5.41) is 5.56. The molecule has 0 bridgehead atoms. The molecule has 0 atom stereocenters. The van der Waals surface area contributed by atoms with Gasteiger partial charge in [-0.15, -0.1) is 11.3 Å². The van der Waals surface area contributed by atoms with Gasteiger partial charge in [0.1, 0.15) is 0 Å². The average molecular weight is 353 g/mol. The first-order valence-electron chi connectivity index (χ1n) is 6.71. The molecule has 3 rings (SSSR count). The van der Waals surface area contributed by atoms with Crippen molar-refractivity contribution in [3.63, 3.8) is 0 Å². The normalized spacial score (nSPS) is 15.3. The molecule has 1 aromatic carbocycles. The Morgan fingerprint density at radius 2 is 1.90 bits per heavy atom. The SMILES string of the molecule is Brc1ccsc1CNc1ccc(N2CCOCC2)cc1. The minimum Gasteiger partial charge on any atom is -0.380 e. The quantitative estimate of drug-likeness (QED) is 0.901. The van der Waals surface area contributed by atoms with Gasteiger partial charge >= 0.3 is 0 Å². The number of hydrogen-bond donors (Lipinski definition) is 1. The second kappa shape index (κ2) is 6.61. The van der Waals surface area contributed by atoms with Gasteiger partial charge in [-0.1, -0.05) is 0 Å². The third-order valence-electron chi connectivity index (χ3n) is 3.39. The molecule has 0 spiro atoms. The Bertz CT molecular complexity index is 549. The second-order valence-corrected chi connectivity index (χ2v) is 6.55. The monoisotopic (exact) mass is 352 g/mol. The summed E-state index contributed by atoms with van der Waals surface area (Å²) in [6.45, 7) is 4.47. The van der Waals surface area contributed by atoms with Crippen LogP contribution in [0.4, 0.5) is 11.4 Å². The number of thiophene rings is 1. The molecule has 0 unspecified atom stereocenters. The van der Waals surface area contributed by atoms with Crippen LogP contribution >= 0.6 is 27.3 Å². The van der Waals surface area contributed by atoms with Crippen LogP contribution in [0, 0.1) is 0 Å². The lowest BCUT2D eigenvalue weighted by Crippen LogP contribution is -2.36. The van der Waals surface area contributed by atoms with Crippen molar-refractivity contribution in [2.75, 3.05) is 36.5 Å². The fourth-order valence-corrected chi connectivity index (χ4v) is 3.68. The molecule has 1 aliphatic rings. The molecule has 1 aliphatic heterocycles. The van der Waals surface area contributed by atoms with E-state index in [-0.39, 0.29) is 0 Å². The first kappa shape index (κ1) is 13.9. The van der Waals surface area contributed by atoms with Crippen LogP contribution in [0.5, 0.6) is 0 Å². The van der Waals surface area contributed by atoms with Gasteiger partial charge in [0.15, 0.2) is 0 Å². The van der Waals surface area contributed by atoms with E-state index < -0.39 is 0 Å². The average Bonchev–Trinajstić information content (AvgIpc) is 2.92. The zero-order chi connectivity index (χ0) is 13.8. The summed E-state index contributed by atoms with van der Waals surface area (Å²) in [6.07, 6.45) is 0. The van der Waals surface area contributed by atoms with Crippen LogP contribution in [-0.2, 0) is 11.3 Å². The van der Waals surface area contributed by atoms with Gasteiger partial charge < -0.3 is 15.0 Å². The van der Waals surface area contributed by atoms with Crippen molar-refractivity contribution < 1.29 is 4.74 Å². The Balaban J connectivity index is 1.59. The van der Waals surface area contributed by atoms with E-state index in [2.05, 4.69) is 61.9 Å². The second-order valence-electron chi connectivity index (χ2n) is 4.69. The van der Waals surface area contributed by atoms with Crippen molar-refractivity contribution in [3.8, 4) is 0 Å². The van der Waals surface area contributed by atoms with Gasteiger partial charge in [0.25, 0.3) is 0 Å². The summed E-state index contributed by atoms with van der Waals surface area (Å²) in [6, 6.07) is 10.7. The van der Waals surface area contributed by atoms with Crippen LogP contribution < -0.4 is 10.2 Å². The first-order valence-corrected chi connectivity index (χ1v) is 8.39. The molecule has 2 heterocycles. The van der Waals surface area contributed by atoms with E-state index in [1.165, 1.54) is 15.0 Å². The maximum Gasteiger partial charge on any atom is 0.0642 e. The summed E-state index contributed by atoms with van der Waals surface area (Å²) in [5.74, 6) is 0. The molecule has 1 aromatic heterocycles. The molecule has 2 aromatic rings. The van der Waals surface area contributed by atoms with E-state index in [1.807, 2.05) is 0 Å². The van der Waals surface area contributed by atoms with Gasteiger partial charge in [-0.25, -0.2) is 0 Å². The van der Waals surface area contributed by atoms with Crippen molar-refractivity contribution in [2.45, 2.75) is 6.54 Å². The lowest BCUT2D eigenvalue weighted by Gasteiger charge is -2.28. The fourth-order valence-electron chi connectivity index (χ4n) is 2.25. The molecule has 1 fully saturated rings. The van der Waals surface area contributed by atoms with E-state index in [0.29, 0.717) is 0 Å². The van der Waals surface area contributed by atoms with Crippen molar-refractivity contribution in [1.29, 1.82) is 0 Å². The van der Waals surface area contributed by atoms with E-state index in [0.717, 1.165) is 38.5 Å². The lowest BCUT2D eigenvalue weighted by atomic mass is 10.2. The Labute approximate surface area is 131 Å². The largest absolute Gasteiger partial charge is 0.380 e. The highest BCUT2D eigenvalue weighted by molar-refractivity contribution is 9.10. The summed E-state index contributed by atoms with van der Waals surface area (Å²) in [4.78, 5) is 3.69. The van der Waals surface area contributed by atoms with Crippen molar-refractivity contribution in [3.05, 3.63) is 45.1 Å². The third kappa shape index (κ3) is 3.34. The summed E-state index contributed by atoms with van der Waals surface area (Å²) < 4.78 is 6.56. The maximum atomic E-state index is 5.38. The minimum atomic E-state index is 0.826. The summed E-state index contributed by atoms with van der Waals surface area (Å²) in [7, 11) is 0. The summed E-state index contributed by atoms with van der Waals surface area (Å²) >= 11 is 5.32. The van der Waals surface area contributed by atoms with Gasteiger partial charge in [0, 0.05) is 33.8 Å². The molecular formula is C15H17BrN2OS. The van der Waals surface area contributed by atoms with Gasteiger partial charge in [-0.05, 0) is 51.6 Å². The number of nitrogens with one attached hydrogen (secondary N) is 1. The van der Waals surface area contributed by atoms with Gasteiger partial charge in [0.2, 0.25) is 0 Å². The number of ether oxygens (including phenoxy) is 1. The lowest BCUT2D eigenvalue weighted by molar-refractivity contribution is 0.122. The Morgan fingerprint density at radius 1 is 1.15 bits per heavy atom. The topological polar surface area (TPSA) is 24.5 Å². The molecule has 1 saturated heterocycles. The zero-order valence-electron chi connectivity index (χ0n) is 11.1. The van der Waals surface area contributed by atoms with Crippen LogP contribution in [-0.4, -0.2) is 26.3 Å². The van der Waals surface area contributed by atoms with Crippen LogP contribution in [0.3, 0.4) is 0 Å². The predicted molar refractivity (Wildman–Crippen MR) is 88.8 cm³/mol. The molecule has 0 aliphatic carbocycles. The Morgan fingerprint density at radius 3 is 2.55 bits per heavy atom. The number of halogens is 1. The van der Waals surface area contributed by atoms with E-state index in [1.54, 1.807) is 11.3 Å². The van der Waals surface area contributed by atoms with Gasteiger partial charge in [-0.2, -0.15) is 0 Å². The van der Waals surface area contributed by atoms with Gasteiger partial charge in [-0.3, -0.25) is 0 Å². The number of morpholine rings is 1. The van der Waals surface area contributed by atoms with Crippen LogP contribution in [0.25, 0.3) is 0 Å². The molecule has 3 nitrogen and oxygen atoms in total. The zero-order valence-corrected chi connectivity index (χ0v) is 13.5. The number of nitrogens with zero attached hydrogens (tertiary/aromatic N) is 1. The highest BCUT2D eigenvalue weighted by Gasteiger charge is 2.10. The van der Waals surface area contributed by atoms with Crippen LogP contribution in [0.15, 0.2) is 40.2 Å². The number of hydrogen-bond acceptors (Lipinski definition) is 4. The molecule has 1 N–H and O–H groups in total. The smallest absolute Gasteiger partial charge is 0.0642 e. The first-order chi connectivity index (χ1) is 9.83. The molecule has 5 heteroatoms. The highest BCUT2D eigenvalue weighted by Crippen LogP contribution is 2.24. The van der Waals surface area contributed by atoms with Crippen molar-refractivity contribution >= 4 is 38.6 Å². The van der Waals surface area contributed by atoms with Gasteiger partial charge in [0.05, 0.1) is 19.8 Å². The van der Waals surface area contributed by atoms with Crippen LogP contribution in [0.1, 0.15) is 4.88 Å². The number of rotatable bonds is 4. The summed E-state index contributed by atoms with van der Waals surface area (Å²) in [5.41, 5.74) is 2.43. The minimum absolute atomic E-state index is 0.826. The Hall–Kier alpha value is -1.04. The molecule has 0 radical (unpaired) electrons. The molecule has 20 heavy (non-hydrogen) atoms. The number of benzene rings is 1.